The number of imidazole rings is 1. The second-order valence-corrected chi connectivity index (χ2v) is 7.80. The second-order valence-electron chi connectivity index (χ2n) is 7.80. The molecule has 1 fully saturated rings. The lowest BCUT2D eigenvalue weighted by Crippen LogP contribution is -2.48. The highest BCUT2D eigenvalue weighted by atomic mass is 16.3. The Bertz CT molecular complexity index is 1240. The van der Waals surface area contributed by atoms with Gasteiger partial charge < -0.3 is 14.9 Å². The molecule has 0 saturated carbocycles. The fraction of sp³-hybridized carbons (Fsp3) is 0.200. The minimum atomic E-state index is 0.0192. The third-order valence-electron chi connectivity index (χ3n) is 5.87. The molecule has 1 saturated heterocycles. The SMILES string of the molecule is Cc1nc2cc(C(=O)N3CCN(c4ccccc4O)CC3)ccc2n1-c1ccccc1. The molecule has 0 spiro atoms. The van der Waals surface area contributed by atoms with Gasteiger partial charge in [0.05, 0.1) is 16.7 Å². The number of hydrogen-bond donors (Lipinski definition) is 1. The summed E-state index contributed by atoms with van der Waals surface area (Å²) in [5.74, 6) is 1.19. The van der Waals surface area contributed by atoms with Crippen LogP contribution in [0.25, 0.3) is 16.7 Å². The lowest BCUT2D eigenvalue weighted by molar-refractivity contribution is 0.0747. The molecule has 1 aromatic heterocycles. The summed E-state index contributed by atoms with van der Waals surface area (Å²) in [4.78, 5) is 21.8. The highest BCUT2D eigenvalue weighted by molar-refractivity contribution is 5.97. The van der Waals surface area contributed by atoms with Crippen LogP contribution < -0.4 is 4.90 Å². The number of hydrogen-bond acceptors (Lipinski definition) is 4. The lowest BCUT2D eigenvalue weighted by atomic mass is 10.1. The maximum Gasteiger partial charge on any atom is 0.254 e. The highest BCUT2D eigenvalue weighted by Gasteiger charge is 2.24. The minimum Gasteiger partial charge on any atom is -0.506 e. The van der Waals surface area contributed by atoms with Crippen LogP contribution in [0, 0.1) is 6.92 Å². The molecule has 156 valence electrons. The molecule has 6 nitrogen and oxygen atoms in total. The molecule has 4 aromatic rings. The summed E-state index contributed by atoms with van der Waals surface area (Å²) in [6.45, 7) is 4.58. The molecule has 0 radical (unpaired) electrons. The van der Waals surface area contributed by atoms with E-state index in [9.17, 15) is 9.90 Å². The Balaban J connectivity index is 1.36. The Morgan fingerprint density at radius 3 is 2.35 bits per heavy atom. The number of aromatic nitrogens is 2. The van der Waals surface area contributed by atoms with Crippen LogP contribution in [0.4, 0.5) is 5.69 Å². The molecular weight excluding hydrogens is 388 g/mol. The number of phenols is 1. The summed E-state index contributed by atoms with van der Waals surface area (Å²) in [5.41, 5.74) is 4.34. The van der Waals surface area contributed by atoms with Gasteiger partial charge in [-0.05, 0) is 49.4 Å². The van der Waals surface area contributed by atoms with Crippen molar-refractivity contribution in [3.05, 3.63) is 84.2 Å². The van der Waals surface area contributed by atoms with E-state index in [2.05, 4.69) is 21.6 Å². The number of phenolic OH excluding ortho intramolecular Hbond substituents is 1. The summed E-state index contributed by atoms with van der Waals surface area (Å²) in [7, 11) is 0. The number of aromatic hydroxyl groups is 1. The Morgan fingerprint density at radius 2 is 1.61 bits per heavy atom. The number of carbonyl (C=O) groups excluding carboxylic acids is 1. The molecule has 2 heterocycles. The molecule has 6 heteroatoms. The van der Waals surface area contributed by atoms with Gasteiger partial charge in [-0.2, -0.15) is 0 Å². The maximum absolute atomic E-state index is 13.1. The summed E-state index contributed by atoms with van der Waals surface area (Å²) in [6, 6.07) is 23.2. The molecule has 1 N–H and O–H groups in total. The summed E-state index contributed by atoms with van der Waals surface area (Å²) in [5, 5.41) is 10.1. The van der Waals surface area contributed by atoms with E-state index in [-0.39, 0.29) is 11.7 Å². The Hall–Kier alpha value is -3.80. The molecule has 1 aliphatic rings. The smallest absolute Gasteiger partial charge is 0.254 e. The van der Waals surface area contributed by atoms with Gasteiger partial charge >= 0.3 is 0 Å². The standard InChI is InChI=1S/C25H24N4O2/c1-18-26-21-17-19(11-12-22(21)29(18)20-7-3-2-4-8-20)25(31)28-15-13-27(14-16-28)23-9-5-6-10-24(23)30/h2-12,17,30H,13-16H2,1H3. The van der Waals surface area contributed by atoms with E-state index in [1.54, 1.807) is 6.07 Å². The van der Waals surface area contributed by atoms with Crippen LogP contribution in [-0.2, 0) is 0 Å². The average Bonchev–Trinajstić information content (AvgIpc) is 3.14. The molecular formula is C25H24N4O2. The van der Waals surface area contributed by atoms with Crippen molar-refractivity contribution < 1.29 is 9.90 Å². The van der Waals surface area contributed by atoms with E-state index < -0.39 is 0 Å². The molecule has 1 aliphatic heterocycles. The monoisotopic (exact) mass is 412 g/mol. The summed E-state index contributed by atoms with van der Waals surface area (Å²) < 4.78 is 2.11. The molecule has 0 bridgehead atoms. The third kappa shape index (κ3) is 3.50. The van der Waals surface area contributed by atoms with Crippen LogP contribution in [-0.4, -0.2) is 51.6 Å². The molecule has 0 aliphatic carbocycles. The molecule has 5 rings (SSSR count). The predicted octanol–water partition coefficient (Wildman–Crippen LogP) is 4.00. The third-order valence-corrected chi connectivity index (χ3v) is 5.87. The van der Waals surface area contributed by atoms with Crippen LogP contribution in [0.15, 0.2) is 72.8 Å². The minimum absolute atomic E-state index is 0.0192. The number of piperazine rings is 1. The number of carbonyl (C=O) groups is 1. The number of nitrogens with zero attached hydrogens (tertiary/aromatic N) is 4. The number of benzene rings is 3. The van der Waals surface area contributed by atoms with E-state index in [1.807, 2.05) is 66.4 Å². The Labute approximate surface area is 181 Å². The van der Waals surface area contributed by atoms with Crippen molar-refractivity contribution in [3.8, 4) is 11.4 Å². The zero-order valence-corrected chi connectivity index (χ0v) is 17.4. The van der Waals surface area contributed by atoms with Gasteiger partial charge in [-0.15, -0.1) is 0 Å². The number of amides is 1. The lowest BCUT2D eigenvalue weighted by Gasteiger charge is -2.36. The Morgan fingerprint density at radius 1 is 0.903 bits per heavy atom. The van der Waals surface area contributed by atoms with Crippen LogP contribution >= 0.6 is 0 Å². The maximum atomic E-state index is 13.1. The van der Waals surface area contributed by atoms with E-state index in [0.29, 0.717) is 31.7 Å². The van der Waals surface area contributed by atoms with Crippen molar-refractivity contribution in [2.75, 3.05) is 31.1 Å². The van der Waals surface area contributed by atoms with Crippen LogP contribution in [0.3, 0.4) is 0 Å². The van der Waals surface area contributed by atoms with Gasteiger partial charge in [-0.25, -0.2) is 4.98 Å². The fourth-order valence-corrected chi connectivity index (χ4v) is 4.30. The second kappa shape index (κ2) is 7.80. The first-order chi connectivity index (χ1) is 15.1. The van der Waals surface area contributed by atoms with Crippen molar-refractivity contribution in [1.82, 2.24) is 14.5 Å². The zero-order valence-electron chi connectivity index (χ0n) is 17.4. The van der Waals surface area contributed by atoms with Crippen LogP contribution in [0.2, 0.25) is 0 Å². The zero-order chi connectivity index (χ0) is 21.4. The Kier molecular flexibility index (Phi) is 4.82. The first-order valence-corrected chi connectivity index (χ1v) is 10.5. The molecule has 0 unspecified atom stereocenters. The van der Waals surface area contributed by atoms with E-state index in [1.165, 1.54) is 0 Å². The van der Waals surface area contributed by atoms with Gasteiger partial charge in [0.2, 0.25) is 0 Å². The largest absolute Gasteiger partial charge is 0.506 e. The van der Waals surface area contributed by atoms with E-state index in [4.69, 9.17) is 4.98 Å². The first kappa shape index (κ1) is 19.2. The first-order valence-electron chi connectivity index (χ1n) is 10.5. The predicted molar refractivity (Wildman–Crippen MR) is 122 cm³/mol. The van der Waals surface area contributed by atoms with E-state index >= 15 is 0 Å². The molecule has 0 atom stereocenters. The van der Waals surface area contributed by atoms with Gasteiger partial charge in [-0.3, -0.25) is 9.36 Å². The summed E-state index contributed by atoms with van der Waals surface area (Å²) in [6.07, 6.45) is 0. The number of anilines is 1. The van der Waals surface area contributed by atoms with Gasteiger partial charge in [0, 0.05) is 37.4 Å². The molecule has 1 amide bonds. The fourth-order valence-electron chi connectivity index (χ4n) is 4.30. The van der Waals surface area contributed by atoms with E-state index in [0.717, 1.165) is 28.2 Å². The van der Waals surface area contributed by atoms with Gasteiger partial charge in [0.15, 0.2) is 0 Å². The van der Waals surface area contributed by atoms with Crippen LogP contribution in [0.1, 0.15) is 16.2 Å². The van der Waals surface area contributed by atoms with Crippen molar-refractivity contribution in [1.29, 1.82) is 0 Å². The van der Waals surface area contributed by atoms with Gasteiger partial charge in [0.25, 0.3) is 5.91 Å². The van der Waals surface area contributed by atoms with Crippen molar-refractivity contribution >= 4 is 22.6 Å². The van der Waals surface area contributed by atoms with Crippen molar-refractivity contribution in [3.63, 3.8) is 0 Å². The summed E-state index contributed by atoms with van der Waals surface area (Å²) >= 11 is 0. The number of para-hydroxylation sites is 3. The number of fused-ring (bicyclic) bond motifs is 1. The molecule has 3 aromatic carbocycles. The normalized spacial score (nSPS) is 14.2. The van der Waals surface area contributed by atoms with Crippen molar-refractivity contribution in [2.45, 2.75) is 6.92 Å². The number of aryl methyl sites for hydroxylation is 1. The quantitative estimate of drug-likeness (QED) is 0.553. The topological polar surface area (TPSA) is 61.6 Å². The van der Waals surface area contributed by atoms with Gasteiger partial charge in [-0.1, -0.05) is 30.3 Å². The van der Waals surface area contributed by atoms with Gasteiger partial charge in [0.1, 0.15) is 11.6 Å². The average molecular weight is 412 g/mol. The van der Waals surface area contributed by atoms with Crippen LogP contribution in [0.5, 0.6) is 5.75 Å². The highest BCUT2D eigenvalue weighted by Crippen LogP contribution is 2.28. The molecule has 31 heavy (non-hydrogen) atoms. The van der Waals surface area contributed by atoms with Crippen molar-refractivity contribution in [2.24, 2.45) is 0 Å². The number of rotatable bonds is 3.